The molecular formula is C24H20FN3O2S3. The monoisotopic (exact) mass is 497 g/mol. The van der Waals surface area contributed by atoms with Gasteiger partial charge in [0.05, 0.1) is 26.7 Å². The minimum atomic E-state index is -0.321. The highest BCUT2D eigenvalue weighted by molar-refractivity contribution is 7.99. The Kier molecular flexibility index (Phi) is 6.18. The summed E-state index contributed by atoms with van der Waals surface area (Å²) in [5.74, 6) is 0.676. The topological polar surface area (TPSA) is 62.3 Å². The predicted molar refractivity (Wildman–Crippen MR) is 134 cm³/mol. The van der Waals surface area contributed by atoms with Gasteiger partial charge in [-0.3, -0.25) is 9.59 Å². The molecule has 2 aromatic carbocycles. The van der Waals surface area contributed by atoms with Crippen molar-refractivity contribution in [3.63, 3.8) is 0 Å². The van der Waals surface area contributed by atoms with Gasteiger partial charge in [-0.05, 0) is 42.1 Å². The van der Waals surface area contributed by atoms with Crippen molar-refractivity contribution in [1.29, 1.82) is 0 Å². The third-order valence-corrected chi connectivity index (χ3v) is 8.65. The van der Waals surface area contributed by atoms with Crippen molar-refractivity contribution in [3.8, 4) is 10.4 Å². The van der Waals surface area contributed by atoms with Crippen molar-refractivity contribution < 1.29 is 14.0 Å². The molecule has 1 atom stereocenters. The van der Waals surface area contributed by atoms with Crippen LogP contribution >= 0.6 is 34.4 Å². The summed E-state index contributed by atoms with van der Waals surface area (Å²) in [5.41, 5.74) is 1.15. The largest absolute Gasteiger partial charge is 0.349 e. The Morgan fingerprint density at radius 2 is 1.94 bits per heavy atom. The lowest BCUT2D eigenvalue weighted by Gasteiger charge is -2.23. The first kappa shape index (κ1) is 22.1. The first-order chi connectivity index (χ1) is 16.0. The van der Waals surface area contributed by atoms with Crippen LogP contribution in [0.4, 0.5) is 4.39 Å². The number of hydrogen-bond acceptors (Lipinski definition) is 6. The summed E-state index contributed by atoms with van der Waals surface area (Å²) in [7, 11) is 0. The molecule has 1 fully saturated rings. The minimum absolute atomic E-state index is 0.121. The summed E-state index contributed by atoms with van der Waals surface area (Å²) in [6, 6.07) is 15.8. The van der Waals surface area contributed by atoms with E-state index in [-0.39, 0.29) is 23.7 Å². The van der Waals surface area contributed by atoms with Gasteiger partial charge in [0.2, 0.25) is 0 Å². The Bertz CT molecular complexity index is 1300. The summed E-state index contributed by atoms with van der Waals surface area (Å²) in [5, 5.41) is 4.83. The summed E-state index contributed by atoms with van der Waals surface area (Å²) < 4.78 is 14.4. The van der Waals surface area contributed by atoms with Crippen molar-refractivity contribution in [2.24, 2.45) is 0 Å². The van der Waals surface area contributed by atoms with Crippen LogP contribution in [0.3, 0.4) is 0 Å². The molecule has 1 N–H and O–H groups in total. The van der Waals surface area contributed by atoms with E-state index < -0.39 is 0 Å². The molecule has 1 saturated heterocycles. The van der Waals surface area contributed by atoms with Crippen LogP contribution in [0.5, 0.6) is 0 Å². The number of aryl methyl sites for hydroxylation is 1. The smallest absolute Gasteiger partial charge is 0.275 e. The molecule has 0 aliphatic carbocycles. The van der Waals surface area contributed by atoms with Crippen molar-refractivity contribution in [3.05, 3.63) is 76.0 Å². The van der Waals surface area contributed by atoms with Gasteiger partial charge in [0.25, 0.3) is 11.8 Å². The van der Waals surface area contributed by atoms with Gasteiger partial charge in [-0.2, -0.15) is 0 Å². The van der Waals surface area contributed by atoms with Gasteiger partial charge in [0.1, 0.15) is 11.5 Å². The van der Waals surface area contributed by atoms with Crippen LogP contribution in [0.15, 0.2) is 54.6 Å². The Morgan fingerprint density at radius 3 is 2.73 bits per heavy atom. The van der Waals surface area contributed by atoms with E-state index in [0.29, 0.717) is 23.0 Å². The fourth-order valence-electron chi connectivity index (χ4n) is 3.77. The zero-order chi connectivity index (χ0) is 22.9. The van der Waals surface area contributed by atoms with Gasteiger partial charge in [-0.25, -0.2) is 9.37 Å². The minimum Gasteiger partial charge on any atom is -0.349 e. The van der Waals surface area contributed by atoms with Gasteiger partial charge >= 0.3 is 0 Å². The van der Waals surface area contributed by atoms with E-state index in [4.69, 9.17) is 0 Å². The SMILES string of the molecule is Cc1nc(C(=O)N2CSC[C@H]2CNC(=O)c2cc3ccccc3s2)c(-c2ccc(F)cc2)s1. The van der Waals surface area contributed by atoms with E-state index in [9.17, 15) is 14.0 Å². The van der Waals surface area contributed by atoms with Crippen LogP contribution in [0.25, 0.3) is 20.5 Å². The quantitative estimate of drug-likeness (QED) is 0.400. The molecule has 5 nitrogen and oxygen atoms in total. The number of amides is 2. The maximum absolute atomic E-state index is 13.4. The average molecular weight is 498 g/mol. The predicted octanol–water partition coefficient (Wildman–Crippen LogP) is 5.42. The highest BCUT2D eigenvalue weighted by atomic mass is 32.2. The second-order valence-corrected chi connectivity index (χ2v) is 11.0. The highest BCUT2D eigenvalue weighted by Crippen LogP contribution is 2.33. The maximum atomic E-state index is 13.4. The Hall–Kier alpha value is -2.75. The number of thioether (sulfide) groups is 1. The van der Waals surface area contributed by atoms with Crippen LogP contribution < -0.4 is 5.32 Å². The number of nitrogens with zero attached hydrogens (tertiary/aromatic N) is 2. The van der Waals surface area contributed by atoms with E-state index in [1.165, 1.54) is 34.8 Å². The zero-order valence-electron chi connectivity index (χ0n) is 17.7. The van der Waals surface area contributed by atoms with E-state index in [2.05, 4.69) is 10.3 Å². The van der Waals surface area contributed by atoms with Crippen molar-refractivity contribution in [2.75, 3.05) is 18.2 Å². The van der Waals surface area contributed by atoms with Gasteiger partial charge in [-0.1, -0.05) is 30.3 Å². The molecule has 3 heterocycles. The lowest BCUT2D eigenvalue weighted by atomic mass is 10.1. The number of nitrogens with one attached hydrogen (secondary N) is 1. The molecule has 4 aromatic rings. The lowest BCUT2D eigenvalue weighted by Crippen LogP contribution is -2.44. The standard InChI is InChI=1S/C24H20FN3O2S3/c1-14-27-21(22(32-14)15-6-8-17(25)9-7-15)24(30)28-13-31-12-18(28)11-26-23(29)20-10-16-4-2-3-5-19(16)33-20/h2-10,18H,11-13H2,1H3,(H,26,29)/t18-/m1/s1. The maximum Gasteiger partial charge on any atom is 0.275 e. The second-order valence-electron chi connectivity index (χ2n) is 7.70. The highest BCUT2D eigenvalue weighted by Gasteiger charge is 2.33. The number of carbonyl (C=O) groups is 2. The first-order valence-electron chi connectivity index (χ1n) is 10.4. The fourth-order valence-corrected chi connectivity index (χ4v) is 6.87. The third-order valence-electron chi connectivity index (χ3n) is 5.43. The number of carbonyl (C=O) groups excluding carboxylic acids is 2. The normalized spacial score (nSPS) is 15.8. The summed E-state index contributed by atoms with van der Waals surface area (Å²) >= 11 is 4.54. The summed E-state index contributed by atoms with van der Waals surface area (Å²) in [4.78, 5) is 33.8. The Balaban J connectivity index is 1.31. The van der Waals surface area contributed by atoms with Crippen LogP contribution in [0, 0.1) is 12.7 Å². The molecule has 33 heavy (non-hydrogen) atoms. The van der Waals surface area contributed by atoms with Gasteiger partial charge in [-0.15, -0.1) is 34.4 Å². The van der Waals surface area contributed by atoms with Crippen LogP contribution in [-0.2, 0) is 0 Å². The fraction of sp³-hybridized carbons (Fsp3) is 0.208. The number of halogens is 1. The van der Waals surface area contributed by atoms with E-state index in [0.717, 1.165) is 31.3 Å². The molecule has 168 valence electrons. The zero-order valence-corrected chi connectivity index (χ0v) is 20.2. The van der Waals surface area contributed by atoms with E-state index in [1.807, 2.05) is 37.3 Å². The number of rotatable bonds is 5. The Labute approximate surface area is 202 Å². The Morgan fingerprint density at radius 1 is 1.15 bits per heavy atom. The number of aromatic nitrogens is 1. The molecule has 1 aliphatic rings. The van der Waals surface area contributed by atoms with Crippen molar-refractivity contribution in [2.45, 2.75) is 13.0 Å². The molecule has 2 aromatic heterocycles. The van der Waals surface area contributed by atoms with Gasteiger partial charge in [0.15, 0.2) is 0 Å². The molecule has 9 heteroatoms. The third kappa shape index (κ3) is 4.53. The number of fused-ring (bicyclic) bond motifs is 1. The molecule has 0 bridgehead atoms. The van der Waals surface area contributed by atoms with Crippen LogP contribution in [-0.4, -0.2) is 45.9 Å². The van der Waals surface area contributed by atoms with Gasteiger partial charge in [0, 0.05) is 17.0 Å². The van der Waals surface area contributed by atoms with Crippen molar-refractivity contribution >= 4 is 56.3 Å². The summed E-state index contributed by atoms with van der Waals surface area (Å²) in [6.45, 7) is 2.23. The molecular weight excluding hydrogens is 477 g/mol. The second kappa shape index (κ2) is 9.24. The summed E-state index contributed by atoms with van der Waals surface area (Å²) in [6.07, 6.45) is 0. The van der Waals surface area contributed by atoms with Gasteiger partial charge < -0.3 is 10.2 Å². The molecule has 2 amide bonds. The van der Waals surface area contributed by atoms with E-state index >= 15 is 0 Å². The molecule has 5 rings (SSSR count). The number of benzene rings is 2. The molecule has 0 radical (unpaired) electrons. The van der Waals surface area contributed by atoms with Crippen LogP contribution in [0.1, 0.15) is 25.2 Å². The average Bonchev–Trinajstić information content (AvgIpc) is 3.55. The number of thiophene rings is 1. The van der Waals surface area contributed by atoms with Crippen LogP contribution in [0.2, 0.25) is 0 Å². The molecule has 0 saturated carbocycles. The lowest BCUT2D eigenvalue weighted by molar-refractivity contribution is 0.0732. The molecule has 0 spiro atoms. The van der Waals surface area contributed by atoms with Crippen molar-refractivity contribution in [1.82, 2.24) is 15.2 Å². The number of hydrogen-bond donors (Lipinski definition) is 1. The van der Waals surface area contributed by atoms with E-state index in [1.54, 1.807) is 28.8 Å². The molecule has 0 unspecified atom stereocenters. The molecule has 1 aliphatic heterocycles. The number of thiazole rings is 1. The first-order valence-corrected chi connectivity index (χ1v) is 13.2.